The lowest BCUT2D eigenvalue weighted by Gasteiger charge is -2.10. The number of nitrogens with one attached hydrogen (secondary N) is 2. The lowest BCUT2D eigenvalue weighted by atomic mass is 10.2. The second-order valence-corrected chi connectivity index (χ2v) is 4.43. The lowest BCUT2D eigenvalue weighted by molar-refractivity contribution is -0.137. The Morgan fingerprint density at radius 3 is 2.60 bits per heavy atom. The van der Waals surface area contributed by atoms with E-state index >= 15 is 0 Å². The van der Waals surface area contributed by atoms with Crippen molar-refractivity contribution in [1.82, 2.24) is 19.1 Å². The molecule has 0 amide bonds. The number of aromatic nitrogens is 4. The zero-order chi connectivity index (χ0) is 15.0. The van der Waals surface area contributed by atoms with Gasteiger partial charge in [0.15, 0.2) is 11.2 Å². The molecule has 0 aliphatic carbocycles. The molecule has 0 spiro atoms. The van der Waals surface area contributed by atoms with Gasteiger partial charge in [0.25, 0.3) is 5.56 Å². The summed E-state index contributed by atoms with van der Waals surface area (Å²) in [5.74, 6) is -0.873. The van der Waals surface area contributed by atoms with Crippen molar-refractivity contribution in [2.75, 3.05) is 5.32 Å². The Bertz CT molecular complexity index is 784. The van der Waals surface area contributed by atoms with E-state index in [0.29, 0.717) is 6.42 Å². The minimum absolute atomic E-state index is 0.146. The average molecular weight is 281 g/mol. The predicted molar refractivity (Wildman–Crippen MR) is 71.9 cm³/mol. The van der Waals surface area contributed by atoms with Crippen molar-refractivity contribution in [2.24, 2.45) is 14.1 Å². The van der Waals surface area contributed by atoms with Gasteiger partial charge in [0.2, 0.25) is 5.95 Å². The largest absolute Gasteiger partial charge is 0.480 e. The van der Waals surface area contributed by atoms with Gasteiger partial charge < -0.3 is 15.4 Å². The third-order valence-electron chi connectivity index (χ3n) is 3.11. The van der Waals surface area contributed by atoms with Gasteiger partial charge in [0.05, 0.1) is 0 Å². The number of carbonyl (C=O) groups is 1. The fraction of sp³-hybridized carbons (Fsp3) is 0.455. The molecule has 3 N–H and O–H groups in total. The Labute approximate surface area is 112 Å². The number of hydrogen-bond donors (Lipinski definition) is 3. The molecule has 0 radical (unpaired) electrons. The van der Waals surface area contributed by atoms with Crippen molar-refractivity contribution < 1.29 is 9.90 Å². The fourth-order valence-electron chi connectivity index (χ4n) is 1.90. The van der Waals surface area contributed by atoms with Gasteiger partial charge >= 0.3 is 11.7 Å². The van der Waals surface area contributed by atoms with Crippen LogP contribution in [0, 0.1) is 0 Å². The normalized spacial score (nSPS) is 12.6. The molecule has 0 bridgehead atoms. The highest BCUT2D eigenvalue weighted by atomic mass is 16.4. The van der Waals surface area contributed by atoms with Crippen molar-refractivity contribution in [3.05, 3.63) is 20.8 Å². The van der Waals surface area contributed by atoms with Crippen molar-refractivity contribution in [2.45, 2.75) is 19.4 Å². The van der Waals surface area contributed by atoms with E-state index in [1.807, 2.05) is 0 Å². The first-order valence-corrected chi connectivity index (χ1v) is 6.01. The molecule has 1 atom stereocenters. The Balaban J connectivity index is 2.58. The molecular formula is C11H15N5O4. The van der Waals surface area contributed by atoms with Crippen LogP contribution in [0.1, 0.15) is 13.3 Å². The highest BCUT2D eigenvalue weighted by molar-refractivity contribution is 5.78. The first-order chi connectivity index (χ1) is 9.36. The van der Waals surface area contributed by atoms with Gasteiger partial charge in [-0.3, -0.25) is 13.9 Å². The highest BCUT2D eigenvalue weighted by Crippen LogP contribution is 2.10. The van der Waals surface area contributed by atoms with Crippen molar-refractivity contribution in [1.29, 1.82) is 0 Å². The van der Waals surface area contributed by atoms with E-state index in [9.17, 15) is 14.4 Å². The zero-order valence-corrected chi connectivity index (χ0v) is 11.3. The van der Waals surface area contributed by atoms with Gasteiger partial charge in [-0.15, -0.1) is 0 Å². The van der Waals surface area contributed by atoms with Gasteiger partial charge in [-0.25, -0.2) is 9.59 Å². The first kappa shape index (κ1) is 13.8. The molecule has 1 unspecified atom stereocenters. The summed E-state index contributed by atoms with van der Waals surface area (Å²) in [6.07, 6.45) is 0.351. The van der Waals surface area contributed by atoms with E-state index in [-0.39, 0.29) is 17.1 Å². The number of anilines is 1. The van der Waals surface area contributed by atoms with Crippen LogP contribution in [-0.2, 0) is 18.9 Å². The Morgan fingerprint density at radius 1 is 1.40 bits per heavy atom. The third-order valence-corrected chi connectivity index (χ3v) is 3.11. The molecule has 20 heavy (non-hydrogen) atoms. The van der Waals surface area contributed by atoms with Gasteiger partial charge in [0, 0.05) is 14.1 Å². The molecule has 108 valence electrons. The number of fused-ring (bicyclic) bond motifs is 1. The number of aryl methyl sites for hydroxylation is 1. The number of H-pyrrole nitrogens is 1. The van der Waals surface area contributed by atoms with Crippen LogP contribution in [0.5, 0.6) is 0 Å². The molecule has 2 aromatic rings. The van der Waals surface area contributed by atoms with Gasteiger partial charge in [-0.2, -0.15) is 4.98 Å². The summed E-state index contributed by atoms with van der Waals surface area (Å²) in [5, 5.41) is 11.7. The van der Waals surface area contributed by atoms with E-state index in [1.165, 1.54) is 18.7 Å². The second kappa shape index (κ2) is 4.83. The molecule has 2 heterocycles. The van der Waals surface area contributed by atoms with Crippen LogP contribution in [0.3, 0.4) is 0 Å². The number of carboxylic acids is 1. The maximum atomic E-state index is 11.9. The minimum atomic E-state index is -1.02. The summed E-state index contributed by atoms with van der Waals surface area (Å²) < 4.78 is 2.18. The molecule has 0 aliphatic rings. The van der Waals surface area contributed by atoms with Crippen LogP contribution in [0.15, 0.2) is 9.59 Å². The summed E-state index contributed by atoms with van der Waals surface area (Å²) in [7, 11) is 2.85. The lowest BCUT2D eigenvalue weighted by Crippen LogP contribution is -2.36. The molecule has 0 aromatic carbocycles. The summed E-state index contributed by atoms with van der Waals surface area (Å²) in [4.78, 5) is 41.4. The molecule has 0 aliphatic heterocycles. The number of rotatable bonds is 4. The van der Waals surface area contributed by atoms with Crippen LogP contribution < -0.4 is 16.6 Å². The number of carboxylic acid groups (broad SMARTS) is 1. The van der Waals surface area contributed by atoms with Crippen LogP contribution in [0.2, 0.25) is 0 Å². The van der Waals surface area contributed by atoms with E-state index < -0.39 is 23.3 Å². The maximum absolute atomic E-state index is 11.9. The van der Waals surface area contributed by atoms with Crippen LogP contribution in [0.4, 0.5) is 5.95 Å². The SMILES string of the molecule is CCC(Nc1nc2c([nH]1)c(=O)n(C)c(=O)n2C)C(=O)O. The molecule has 2 rings (SSSR count). The van der Waals surface area contributed by atoms with Crippen molar-refractivity contribution in [3.8, 4) is 0 Å². The van der Waals surface area contributed by atoms with Crippen molar-refractivity contribution >= 4 is 23.1 Å². The number of aromatic amines is 1. The van der Waals surface area contributed by atoms with E-state index in [2.05, 4.69) is 15.3 Å². The smallest absolute Gasteiger partial charge is 0.332 e. The van der Waals surface area contributed by atoms with Crippen LogP contribution in [0.25, 0.3) is 11.2 Å². The molecule has 0 saturated carbocycles. The summed E-state index contributed by atoms with van der Waals surface area (Å²) in [6, 6.07) is -0.823. The molecular weight excluding hydrogens is 266 g/mol. The van der Waals surface area contributed by atoms with Crippen LogP contribution in [-0.4, -0.2) is 36.2 Å². The number of nitrogens with zero attached hydrogens (tertiary/aromatic N) is 3. The van der Waals surface area contributed by atoms with Crippen LogP contribution >= 0.6 is 0 Å². The summed E-state index contributed by atoms with van der Waals surface area (Å²) in [6.45, 7) is 1.71. The summed E-state index contributed by atoms with van der Waals surface area (Å²) in [5.41, 5.74) is -0.670. The van der Waals surface area contributed by atoms with Gasteiger partial charge in [-0.1, -0.05) is 6.92 Å². The quantitative estimate of drug-likeness (QED) is 0.677. The van der Waals surface area contributed by atoms with E-state index in [1.54, 1.807) is 6.92 Å². The molecule has 2 aromatic heterocycles. The Morgan fingerprint density at radius 2 is 2.05 bits per heavy atom. The second-order valence-electron chi connectivity index (χ2n) is 4.43. The predicted octanol–water partition coefficient (Wildman–Crippen LogP) is -0.765. The van der Waals surface area contributed by atoms with E-state index in [4.69, 9.17) is 5.11 Å². The minimum Gasteiger partial charge on any atom is -0.480 e. The topological polar surface area (TPSA) is 122 Å². The average Bonchev–Trinajstić information content (AvgIpc) is 2.84. The Kier molecular flexibility index (Phi) is 3.35. The van der Waals surface area contributed by atoms with Crippen molar-refractivity contribution in [3.63, 3.8) is 0 Å². The first-order valence-electron chi connectivity index (χ1n) is 6.01. The zero-order valence-electron chi connectivity index (χ0n) is 11.3. The summed E-state index contributed by atoms with van der Waals surface area (Å²) >= 11 is 0. The molecule has 9 heteroatoms. The number of aliphatic carboxylic acids is 1. The van der Waals surface area contributed by atoms with E-state index in [0.717, 1.165) is 4.57 Å². The fourth-order valence-corrected chi connectivity index (χ4v) is 1.90. The van der Waals surface area contributed by atoms with Gasteiger partial charge in [0.1, 0.15) is 6.04 Å². The standard InChI is InChI=1S/C11H15N5O4/c1-4-5(9(18)19)12-10-13-6-7(14-10)15(2)11(20)16(3)8(6)17/h5H,4H2,1-3H3,(H,18,19)(H2,12,13,14). The number of imidazole rings is 1. The molecule has 9 nitrogen and oxygen atoms in total. The number of hydrogen-bond acceptors (Lipinski definition) is 5. The third kappa shape index (κ3) is 2.06. The Hall–Kier alpha value is -2.58. The molecule has 0 fully saturated rings. The van der Waals surface area contributed by atoms with Gasteiger partial charge in [-0.05, 0) is 6.42 Å². The monoisotopic (exact) mass is 281 g/mol. The molecule has 0 saturated heterocycles. The maximum Gasteiger partial charge on any atom is 0.332 e. The highest BCUT2D eigenvalue weighted by Gasteiger charge is 2.18.